The molecular weight excluding hydrogens is 257 g/mol. The largest absolute Gasteiger partial charge is 0.419 e. The fraction of sp³-hybridized carbons (Fsp3) is 0. The van der Waals surface area contributed by atoms with Crippen LogP contribution in [0.2, 0.25) is 0 Å². The van der Waals surface area contributed by atoms with Crippen LogP contribution in [0.25, 0.3) is 10.9 Å². The van der Waals surface area contributed by atoms with Crippen LogP contribution in [0.15, 0.2) is 30.6 Å². The molecule has 2 rings (SSSR count). The van der Waals surface area contributed by atoms with Crippen molar-refractivity contribution in [2.24, 2.45) is 0 Å². The lowest BCUT2D eigenvalue weighted by Crippen LogP contribution is -2.14. The first kappa shape index (κ1) is 9.14. The van der Waals surface area contributed by atoms with Gasteiger partial charge in [-0.1, -0.05) is 0 Å². The molecule has 0 aliphatic rings. The van der Waals surface area contributed by atoms with E-state index < -0.39 is 17.2 Å². The Labute approximate surface area is 84.5 Å². The van der Waals surface area contributed by atoms with E-state index in [4.69, 9.17) is 0 Å². The summed E-state index contributed by atoms with van der Waals surface area (Å²) in [6, 6.07) is 2.31. The third-order valence-electron chi connectivity index (χ3n) is 1.70. The van der Waals surface area contributed by atoms with Gasteiger partial charge in [-0.2, -0.15) is 0 Å². The second kappa shape index (κ2) is 3.06. The van der Waals surface area contributed by atoms with Gasteiger partial charge in [0, 0.05) is 0 Å². The monoisotopic (exact) mass is 259 g/mol. The summed E-state index contributed by atoms with van der Waals surface area (Å²) in [6.07, 6.45) is 0. The van der Waals surface area contributed by atoms with Crippen molar-refractivity contribution in [1.29, 1.82) is 0 Å². The van der Waals surface area contributed by atoms with E-state index in [0.29, 0.717) is 0 Å². The van der Waals surface area contributed by atoms with Gasteiger partial charge >= 0.3 is 11.4 Å². The molecule has 0 saturated carbocycles. The molecule has 0 fully saturated rings. The van der Waals surface area contributed by atoms with Gasteiger partial charge in [0.15, 0.2) is 0 Å². The average molecular weight is 260 g/mol. The molecule has 1 aromatic heterocycles. The molecular formula is C8H3BrFNO3. The zero-order valence-electron chi connectivity index (χ0n) is 6.64. The van der Waals surface area contributed by atoms with Gasteiger partial charge in [-0.25, -0.2) is 14.0 Å². The van der Waals surface area contributed by atoms with E-state index in [0.717, 1.165) is 6.07 Å². The first-order chi connectivity index (χ1) is 6.58. The molecule has 0 radical (unpaired) electrons. The third kappa shape index (κ3) is 1.37. The maximum Gasteiger partial charge on any atom is 0.419 e. The number of hydrogen-bond donors (Lipinski definition) is 1. The van der Waals surface area contributed by atoms with Gasteiger partial charge in [0.1, 0.15) is 5.82 Å². The molecule has 1 heterocycles. The van der Waals surface area contributed by atoms with Crippen molar-refractivity contribution in [3.63, 3.8) is 0 Å². The van der Waals surface area contributed by atoms with Crippen LogP contribution in [-0.2, 0) is 0 Å². The molecule has 1 N–H and O–H groups in total. The molecule has 0 saturated heterocycles. The normalized spacial score (nSPS) is 10.7. The molecule has 4 nitrogen and oxygen atoms in total. The zero-order valence-corrected chi connectivity index (χ0v) is 8.22. The van der Waals surface area contributed by atoms with Gasteiger partial charge < -0.3 is 4.42 Å². The Morgan fingerprint density at radius 2 is 2.07 bits per heavy atom. The first-order valence-corrected chi connectivity index (χ1v) is 4.39. The lowest BCUT2D eigenvalue weighted by Gasteiger charge is -1.97. The summed E-state index contributed by atoms with van der Waals surface area (Å²) in [4.78, 5) is 24.1. The molecule has 0 unspecified atom stereocenters. The quantitative estimate of drug-likeness (QED) is 0.778. The fourth-order valence-corrected chi connectivity index (χ4v) is 1.44. The Balaban J connectivity index is 3.03. The van der Waals surface area contributed by atoms with Gasteiger partial charge in [0.25, 0.3) is 0 Å². The number of fused-ring (bicyclic) bond motifs is 1. The van der Waals surface area contributed by atoms with Crippen LogP contribution in [0.4, 0.5) is 4.39 Å². The number of hydrogen-bond acceptors (Lipinski definition) is 3. The highest BCUT2D eigenvalue weighted by Gasteiger charge is 2.07. The van der Waals surface area contributed by atoms with Crippen LogP contribution < -0.4 is 11.4 Å². The summed E-state index contributed by atoms with van der Waals surface area (Å²) < 4.78 is 17.4. The van der Waals surface area contributed by atoms with Crippen molar-refractivity contribution in [3.05, 3.63) is 43.4 Å². The van der Waals surface area contributed by atoms with Crippen molar-refractivity contribution in [1.82, 2.24) is 4.98 Å². The number of H-pyrrole nitrogens is 1. The zero-order chi connectivity index (χ0) is 10.3. The first-order valence-electron chi connectivity index (χ1n) is 3.60. The highest BCUT2D eigenvalue weighted by atomic mass is 79.9. The molecule has 6 heteroatoms. The second-order valence-electron chi connectivity index (χ2n) is 2.61. The minimum atomic E-state index is -0.899. The summed E-state index contributed by atoms with van der Waals surface area (Å²) in [5, 5.41) is 0.123. The highest BCUT2D eigenvalue weighted by Crippen LogP contribution is 2.18. The van der Waals surface area contributed by atoms with Crippen molar-refractivity contribution in [3.8, 4) is 0 Å². The summed E-state index contributed by atoms with van der Waals surface area (Å²) in [7, 11) is 0. The maximum absolute atomic E-state index is 13.0. The average Bonchev–Trinajstić information content (AvgIpc) is 2.08. The van der Waals surface area contributed by atoms with Gasteiger partial charge in [-0.05, 0) is 28.1 Å². The Hall–Kier alpha value is -1.43. The molecule has 0 spiro atoms. The van der Waals surface area contributed by atoms with Crippen LogP contribution in [0.3, 0.4) is 0 Å². The molecule has 0 atom stereocenters. The van der Waals surface area contributed by atoms with E-state index in [-0.39, 0.29) is 15.4 Å². The number of halogens is 2. The fourth-order valence-electron chi connectivity index (χ4n) is 1.09. The molecule has 14 heavy (non-hydrogen) atoms. The van der Waals surface area contributed by atoms with Gasteiger partial charge in [-0.15, -0.1) is 0 Å². The number of nitrogens with one attached hydrogen (secondary N) is 1. The predicted molar refractivity (Wildman–Crippen MR) is 50.8 cm³/mol. The minimum Gasteiger partial charge on any atom is -0.372 e. The molecule has 0 bridgehead atoms. The van der Waals surface area contributed by atoms with Gasteiger partial charge in [0.05, 0.1) is 15.4 Å². The number of aromatic amines is 1. The summed E-state index contributed by atoms with van der Waals surface area (Å²) in [6.45, 7) is 0. The Morgan fingerprint density at radius 3 is 2.79 bits per heavy atom. The summed E-state index contributed by atoms with van der Waals surface area (Å²) in [5.74, 6) is -1.46. The standard InChI is InChI=1S/C8H3BrFNO3/c9-4-1-3-6(2-5(4)10)11-8(13)14-7(3)12/h1-2H,(H,11,13). The van der Waals surface area contributed by atoms with Crippen LogP contribution in [0.5, 0.6) is 0 Å². The van der Waals surface area contributed by atoms with E-state index in [1.54, 1.807) is 0 Å². The minimum absolute atomic E-state index is 0.118. The van der Waals surface area contributed by atoms with Crippen LogP contribution in [-0.4, -0.2) is 4.98 Å². The van der Waals surface area contributed by atoms with Crippen molar-refractivity contribution < 1.29 is 8.81 Å². The molecule has 2 aromatic rings. The van der Waals surface area contributed by atoms with Crippen LogP contribution >= 0.6 is 15.9 Å². The maximum atomic E-state index is 13.0. The van der Waals surface area contributed by atoms with E-state index in [2.05, 4.69) is 25.3 Å². The predicted octanol–water partition coefficient (Wildman–Crippen LogP) is 1.38. The molecule has 72 valence electrons. The van der Waals surface area contributed by atoms with E-state index in [1.165, 1.54) is 6.07 Å². The summed E-state index contributed by atoms with van der Waals surface area (Å²) in [5.41, 5.74) is -0.670. The van der Waals surface area contributed by atoms with E-state index >= 15 is 0 Å². The van der Waals surface area contributed by atoms with E-state index in [1.807, 2.05) is 0 Å². The smallest absolute Gasteiger partial charge is 0.372 e. The number of aromatic nitrogens is 1. The van der Waals surface area contributed by atoms with Crippen molar-refractivity contribution in [2.75, 3.05) is 0 Å². The number of benzene rings is 1. The Morgan fingerprint density at radius 1 is 1.36 bits per heavy atom. The van der Waals surface area contributed by atoms with Crippen molar-refractivity contribution in [2.45, 2.75) is 0 Å². The Bertz CT molecular complexity index is 616. The molecule has 0 aliphatic heterocycles. The molecule has 1 aromatic carbocycles. The van der Waals surface area contributed by atoms with Gasteiger partial charge in [0.2, 0.25) is 0 Å². The van der Waals surface area contributed by atoms with E-state index in [9.17, 15) is 14.0 Å². The molecule has 0 aliphatic carbocycles. The highest BCUT2D eigenvalue weighted by molar-refractivity contribution is 9.10. The Kier molecular flexibility index (Phi) is 1.99. The van der Waals surface area contributed by atoms with Crippen molar-refractivity contribution >= 4 is 26.8 Å². The lowest BCUT2D eigenvalue weighted by atomic mass is 10.2. The van der Waals surface area contributed by atoms with Gasteiger partial charge in [-0.3, -0.25) is 4.98 Å². The SMILES string of the molecule is O=c1[nH]c2cc(F)c(Br)cc2c(=O)o1. The van der Waals surface area contributed by atoms with Crippen LogP contribution in [0, 0.1) is 5.82 Å². The lowest BCUT2D eigenvalue weighted by molar-refractivity contribution is 0.459. The topological polar surface area (TPSA) is 63.1 Å². The number of rotatable bonds is 0. The summed E-state index contributed by atoms with van der Waals surface area (Å²) >= 11 is 2.92. The third-order valence-corrected chi connectivity index (χ3v) is 2.31. The van der Waals surface area contributed by atoms with Crippen LogP contribution in [0.1, 0.15) is 0 Å². The second-order valence-corrected chi connectivity index (χ2v) is 3.47. The molecule has 0 amide bonds.